The molecule has 1 N–H and O–H groups in total. The second kappa shape index (κ2) is 6.87. The third kappa shape index (κ3) is 3.67. The molecule has 2 aromatic rings. The summed E-state index contributed by atoms with van der Waals surface area (Å²) in [5.74, 6) is 1.14. The van der Waals surface area contributed by atoms with Gasteiger partial charge in [0.2, 0.25) is 0 Å². The molecule has 1 aromatic heterocycles. The third-order valence-electron chi connectivity index (χ3n) is 3.25. The molecule has 0 fully saturated rings. The van der Waals surface area contributed by atoms with Crippen molar-refractivity contribution in [3.8, 4) is 0 Å². The third-order valence-corrected chi connectivity index (χ3v) is 3.78. The van der Waals surface area contributed by atoms with Crippen LogP contribution in [0.3, 0.4) is 0 Å². The van der Waals surface area contributed by atoms with Gasteiger partial charge in [0.1, 0.15) is 5.82 Å². The maximum atomic E-state index is 4.47. The van der Waals surface area contributed by atoms with Crippen LogP contribution < -0.4 is 5.32 Å². The quantitative estimate of drug-likeness (QED) is 0.881. The number of nitrogens with zero attached hydrogens (tertiary/aromatic N) is 2. The van der Waals surface area contributed by atoms with Gasteiger partial charge < -0.3 is 9.88 Å². The molecule has 0 aliphatic heterocycles. The van der Waals surface area contributed by atoms with Crippen LogP contribution in [0.5, 0.6) is 0 Å². The molecule has 3 nitrogen and oxygen atoms in total. The minimum absolute atomic E-state index is 0.311. The smallest absolute Gasteiger partial charge is 0.110 e. The lowest BCUT2D eigenvalue weighted by molar-refractivity contribution is 0.522. The Bertz CT molecular complexity index is 504. The molecule has 0 bridgehead atoms. The number of benzene rings is 1. The Morgan fingerprint density at radius 3 is 2.63 bits per heavy atom. The Kier molecular flexibility index (Phi) is 5.16. The zero-order valence-electron chi connectivity index (χ0n) is 11.4. The average Bonchev–Trinajstić information content (AvgIpc) is 2.86. The number of hydrogen-bond acceptors (Lipinski definition) is 2. The average molecular weight is 322 g/mol. The van der Waals surface area contributed by atoms with Gasteiger partial charge in [0.15, 0.2) is 0 Å². The van der Waals surface area contributed by atoms with Gasteiger partial charge in [0.05, 0.1) is 0 Å². The Balaban J connectivity index is 2.18. The standard InChI is InChI=1S/C15H20BrN3/c1-3-17-14(12-5-7-13(16)8-6-12)11-15-18-9-10-19(15)4-2/h5-10,14,17H,3-4,11H2,1-2H3. The zero-order chi connectivity index (χ0) is 13.7. The van der Waals surface area contributed by atoms with Gasteiger partial charge >= 0.3 is 0 Å². The fourth-order valence-corrected chi connectivity index (χ4v) is 2.51. The molecule has 1 atom stereocenters. The minimum atomic E-state index is 0.311. The Morgan fingerprint density at radius 1 is 1.26 bits per heavy atom. The number of hydrogen-bond donors (Lipinski definition) is 1. The summed E-state index contributed by atoms with van der Waals surface area (Å²) in [4.78, 5) is 4.47. The highest BCUT2D eigenvalue weighted by Crippen LogP contribution is 2.20. The van der Waals surface area contributed by atoms with E-state index in [0.717, 1.165) is 29.8 Å². The summed E-state index contributed by atoms with van der Waals surface area (Å²) >= 11 is 3.48. The maximum absolute atomic E-state index is 4.47. The first-order chi connectivity index (χ1) is 9.24. The number of aryl methyl sites for hydroxylation is 1. The molecule has 102 valence electrons. The molecule has 0 aliphatic carbocycles. The Hall–Kier alpha value is -1.13. The van der Waals surface area contributed by atoms with Crippen molar-refractivity contribution in [2.24, 2.45) is 0 Å². The lowest BCUT2D eigenvalue weighted by Crippen LogP contribution is -2.24. The van der Waals surface area contributed by atoms with Crippen molar-refractivity contribution >= 4 is 15.9 Å². The van der Waals surface area contributed by atoms with Crippen LogP contribution >= 0.6 is 15.9 Å². The number of halogens is 1. The normalized spacial score (nSPS) is 12.6. The summed E-state index contributed by atoms with van der Waals surface area (Å²) in [6.07, 6.45) is 4.83. The van der Waals surface area contributed by atoms with E-state index in [4.69, 9.17) is 0 Å². The van der Waals surface area contributed by atoms with Gasteiger partial charge in [-0.25, -0.2) is 4.98 Å². The summed E-state index contributed by atoms with van der Waals surface area (Å²) in [7, 11) is 0. The van der Waals surface area contributed by atoms with E-state index in [9.17, 15) is 0 Å². The first kappa shape index (κ1) is 14.3. The lowest BCUT2D eigenvalue weighted by atomic mass is 10.0. The first-order valence-corrected chi connectivity index (χ1v) is 7.52. The van der Waals surface area contributed by atoms with Gasteiger partial charge in [-0.3, -0.25) is 0 Å². The van der Waals surface area contributed by atoms with E-state index in [-0.39, 0.29) is 0 Å². The van der Waals surface area contributed by atoms with E-state index in [0.29, 0.717) is 6.04 Å². The largest absolute Gasteiger partial charge is 0.335 e. The van der Waals surface area contributed by atoms with Crippen molar-refractivity contribution < 1.29 is 0 Å². The van der Waals surface area contributed by atoms with Crippen molar-refractivity contribution in [2.75, 3.05) is 6.54 Å². The lowest BCUT2D eigenvalue weighted by Gasteiger charge is -2.18. The highest BCUT2D eigenvalue weighted by atomic mass is 79.9. The first-order valence-electron chi connectivity index (χ1n) is 6.73. The van der Waals surface area contributed by atoms with Crippen molar-refractivity contribution in [2.45, 2.75) is 32.9 Å². The highest BCUT2D eigenvalue weighted by Gasteiger charge is 2.14. The molecule has 1 unspecified atom stereocenters. The van der Waals surface area contributed by atoms with Gasteiger partial charge in [0, 0.05) is 35.9 Å². The van der Waals surface area contributed by atoms with Gasteiger partial charge in [-0.05, 0) is 31.2 Å². The zero-order valence-corrected chi connectivity index (χ0v) is 13.0. The summed E-state index contributed by atoms with van der Waals surface area (Å²) in [6.45, 7) is 6.20. The van der Waals surface area contributed by atoms with E-state index in [1.807, 2.05) is 12.4 Å². The van der Waals surface area contributed by atoms with Crippen LogP contribution in [-0.4, -0.2) is 16.1 Å². The Labute approximate surface area is 123 Å². The summed E-state index contributed by atoms with van der Waals surface area (Å²) < 4.78 is 3.31. The molecule has 0 amide bonds. The molecular formula is C15H20BrN3. The van der Waals surface area contributed by atoms with Gasteiger partial charge in [-0.1, -0.05) is 35.0 Å². The fourth-order valence-electron chi connectivity index (χ4n) is 2.25. The van der Waals surface area contributed by atoms with Crippen molar-refractivity contribution in [3.05, 3.63) is 52.5 Å². The van der Waals surface area contributed by atoms with Crippen molar-refractivity contribution in [1.82, 2.24) is 14.9 Å². The predicted octanol–water partition coefficient (Wildman–Crippen LogP) is 3.56. The molecule has 0 saturated heterocycles. The number of rotatable bonds is 6. The van der Waals surface area contributed by atoms with Crippen LogP contribution in [0.4, 0.5) is 0 Å². The number of likely N-dealkylation sites (N-methyl/N-ethyl adjacent to an activating group) is 1. The minimum Gasteiger partial charge on any atom is -0.335 e. The second-order valence-electron chi connectivity index (χ2n) is 4.50. The molecule has 0 aliphatic rings. The van der Waals surface area contributed by atoms with Crippen LogP contribution in [-0.2, 0) is 13.0 Å². The highest BCUT2D eigenvalue weighted by molar-refractivity contribution is 9.10. The van der Waals surface area contributed by atoms with Crippen LogP contribution in [0.1, 0.15) is 31.3 Å². The number of aromatic nitrogens is 2. The van der Waals surface area contributed by atoms with Gasteiger partial charge in [0.25, 0.3) is 0 Å². The molecule has 19 heavy (non-hydrogen) atoms. The molecule has 0 spiro atoms. The van der Waals surface area contributed by atoms with E-state index < -0.39 is 0 Å². The van der Waals surface area contributed by atoms with Crippen LogP contribution in [0.25, 0.3) is 0 Å². The molecule has 2 rings (SSSR count). The maximum Gasteiger partial charge on any atom is 0.110 e. The van der Waals surface area contributed by atoms with Crippen molar-refractivity contribution in [1.29, 1.82) is 0 Å². The summed E-state index contributed by atoms with van der Waals surface area (Å²) in [5.41, 5.74) is 1.30. The second-order valence-corrected chi connectivity index (χ2v) is 5.41. The van der Waals surface area contributed by atoms with E-state index >= 15 is 0 Å². The molecule has 4 heteroatoms. The monoisotopic (exact) mass is 321 g/mol. The molecule has 1 heterocycles. The van der Waals surface area contributed by atoms with Crippen LogP contribution in [0.15, 0.2) is 41.1 Å². The van der Waals surface area contributed by atoms with Crippen LogP contribution in [0, 0.1) is 0 Å². The molecular weight excluding hydrogens is 302 g/mol. The topological polar surface area (TPSA) is 29.9 Å². The molecule has 0 saturated carbocycles. The summed E-state index contributed by atoms with van der Waals surface area (Å²) in [5, 5.41) is 3.54. The van der Waals surface area contributed by atoms with Gasteiger partial charge in [-0.15, -0.1) is 0 Å². The van der Waals surface area contributed by atoms with Gasteiger partial charge in [-0.2, -0.15) is 0 Å². The van der Waals surface area contributed by atoms with E-state index in [1.165, 1.54) is 5.56 Å². The van der Waals surface area contributed by atoms with E-state index in [2.05, 4.69) is 68.9 Å². The molecule has 0 radical (unpaired) electrons. The Morgan fingerprint density at radius 2 is 2.00 bits per heavy atom. The van der Waals surface area contributed by atoms with Crippen LogP contribution in [0.2, 0.25) is 0 Å². The van der Waals surface area contributed by atoms with E-state index in [1.54, 1.807) is 0 Å². The molecule has 1 aromatic carbocycles. The summed E-state index contributed by atoms with van der Waals surface area (Å²) in [6, 6.07) is 8.82. The van der Waals surface area contributed by atoms with Crippen molar-refractivity contribution in [3.63, 3.8) is 0 Å². The fraction of sp³-hybridized carbons (Fsp3) is 0.400. The number of nitrogens with one attached hydrogen (secondary N) is 1. The predicted molar refractivity (Wildman–Crippen MR) is 82.2 cm³/mol. The number of imidazole rings is 1. The SMILES string of the molecule is CCNC(Cc1nccn1CC)c1ccc(Br)cc1.